The largest absolute Gasteiger partial charge is 0.497 e. The number of nitrogens with one attached hydrogen (secondary N) is 1. The smallest absolute Gasteiger partial charge is 0.318 e. The Bertz CT molecular complexity index is 972. The normalized spacial score (nSPS) is 15.3. The van der Waals surface area contributed by atoms with Crippen LogP contribution in [0.5, 0.6) is 11.5 Å². The molecule has 35 heavy (non-hydrogen) atoms. The van der Waals surface area contributed by atoms with Gasteiger partial charge in [0, 0.05) is 45.9 Å². The quantitative estimate of drug-likeness (QED) is 0.491. The van der Waals surface area contributed by atoms with Crippen molar-refractivity contribution in [1.82, 2.24) is 15.1 Å². The van der Waals surface area contributed by atoms with E-state index in [1.165, 1.54) is 12.1 Å². The van der Waals surface area contributed by atoms with Crippen LogP contribution in [0.25, 0.3) is 0 Å². The van der Waals surface area contributed by atoms with Crippen LogP contribution < -0.4 is 14.8 Å². The zero-order valence-electron chi connectivity index (χ0n) is 20.6. The standard InChI is InChI=1S/C26H34FN3O5/c1-33-12-11-30(25(32)28-17-20-5-4-6-22(27)13-20)26(19-31)7-9-29(10-8-26)18-21-14-23(34-2)16-24(15-21)35-3/h4-6,13-16,19H,7-12,17-18H2,1-3H3,(H,28,32). The Hall–Kier alpha value is -3.17. The van der Waals surface area contributed by atoms with Gasteiger partial charge in [-0.3, -0.25) is 4.90 Å². The van der Waals surface area contributed by atoms with Gasteiger partial charge < -0.3 is 29.2 Å². The lowest BCUT2D eigenvalue weighted by Crippen LogP contribution is -2.61. The van der Waals surface area contributed by atoms with Crippen LogP contribution in [0.4, 0.5) is 9.18 Å². The molecule has 2 amide bonds. The maximum Gasteiger partial charge on any atom is 0.318 e. The van der Waals surface area contributed by atoms with E-state index in [9.17, 15) is 14.0 Å². The summed E-state index contributed by atoms with van der Waals surface area (Å²) in [6.45, 7) is 2.69. The van der Waals surface area contributed by atoms with Crippen LogP contribution in [0.2, 0.25) is 0 Å². The van der Waals surface area contributed by atoms with Crippen LogP contribution in [0.3, 0.4) is 0 Å². The van der Waals surface area contributed by atoms with Crippen molar-refractivity contribution in [1.29, 1.82) is 0 Å². The lowest BCUT2D eigenvalue weighted by Gasteiger charge is -2.45. The van der Waals surface area contributed by atoms with Gasteiger partial charge in [-0.15, -0.1) is 0 Å². The molecule has 1 N–H and O–H groups in total. The van der Waals surface area contributed by atoms with Gasteiger partial charge in [0.05, 0.1) is 20.8 Å². The third kappa shape index (κ3) is 6.93. The molecule has 9 heteroatoms. The second-order valence-corrected chi connectivity index (χ2v) is 8.65. The predicted molar refractivity (Wildman–Crippen MR) is 130 cm³/mol. The number of hydrogen-bond donors (Lipinski definition) is 1. The van der Waals surface area contributed by atoms with Crippen molar-refractivity contribution < 1.29 is 28.2 Å². The summed E-state index contributed by atoms with van der Waals surface area (Å²) in [6.07, 6.45) is 1.87. The van der Waals surface area contributed by atoms with Crippen molar-refractivity contribution in [2.75, 3.05) is 47.6 Å². The minimum atomic E-state index is -0.937. The fourth-order valence-electron chi connectivity index (χ4n) is 4.39. The molecular formula is C26H34FN3O5. The fourth-order valence-corrected chi connectivity index (χ4v) is 4.39. The molecule has 2 aromatic carbocycles. The molecule has 1 saturated heterocycles. The fraction of sp³-hybridized carbons (Fsp3) is 0.462. The van der Waals surface area contributed by atoms with E-state index in [0.717, 1.165) is 23.3 Å². The number of carbonyl (C=O) groups excluding carboxylic acids is 2. The molecule has 1 aliphatic rings. The highest BCUT2D eigenvalue weighted by molar-refractivity contribution is 5.80. The highest BCUT2D eigenvalue weighted by atomic mass is 19.1. The van der Waals surface area contributed by atoms with E-state index in [1.54, 1.807) is 38.4 Å². The Labute approximate surface area is 205 Å². The Morgan fingerprint density at radius 3 is 2.34 bits per heavy atom. The van der Waals surface area contributed by atoms with Gasteiger partial charge >= 0.3 is 6.03 Å². The second kappa shape index (κ2) is 12.5. The van der Waals surface area contributed by atoms with Crippen LogP contribution in [0.1, 0.15) is 24.0 Å². The SMILES string of the molecule is COCCN(C(=O)NCc1cccc(F)c1)C1(C=O)CCN(Cc2cc(OC)cc(OC)c2)CC1. The van der Waals surface area contributed by atoms with E-state index >= 15 is 0 Å². The van der Waals surface area contributed by atoms with E-state index in [4.69, 9.17) is 14.2 Å². The van der Waals surface area contributed by atoms with E-state index < -0.39 is 5.54 Å². The maximum atomic E-state index is 13.5. The molecule has 2 aromatic rings. The average molecular weight is 488 g/mol. The number of carbonyl (C=O) groups is 2. The Morgan fingerprint density at radius 2 is 1.77 bits per heavy atom. The zero-order chi connectivity index (χ0) is 25.3. The van der Waals surface area contributed by atoms with Crippen molar-refractivity contribution in [2.45, 2.75) is 31.5 Å². The number of methoxy groups -OCH3 is 3. The third-order valence-corrected chi connectivity index (χ3v) is 6.39. The molecule has 1 heterocycles. The average Bonchev–Trinajstić information content (AvgIpc) is 2.88. The Morgan fingerprint density at radius 1 is 1.09 bits per heavy atom. The Kier molecular flexibility index (Phi) is 9.45. The second-order valence-electron chi connectivity index (χ2n) is 8.65. The highest BCUT2D eigenvalue weighted by Gasteiger charge is 2.42. The molecule has 190 valence electrons. The first-order chi connectivity index (χ1) is 16.9. The van der Waals surface area contributed by atoms with Crippen molar-refractivity contribution in [3.8, 4) is 11.5 Å². The van der Waals surface area contributed by atoms with Gasteiger partial charge in [-0.05, 0) is 48.2 Å². The van der Waals surface area contributed by atoms with Gasteiger partial charge in [-0.1, -0.05) is 12.1 Å². The van der Waals surface area contributed by atoms with Crippen molar-refractivity contribution in [3.63, 3.8) is 0 Å². The monoisotopic (exact) mass is 487 g/mol. The van der Waals surface area contributed by atoms with Crippen molar-refractivity contribution in [2.24, 2.45) is 0 Å². The number of likely N-dealkylation sites (tertiary alicyclic amines) is 1. The van der Waals surface area contributed by atoms with E-state index in [2.05, 4.69) is 10.2 Å². The zero-order valence-corrected chi connectivity index (χ0v) is 20.6. The van der Waals surface area contributed by atoms with Gasteiger partial charge in [0.15, 0.2) is 0 Å². The van der Waals surface area contributed by atoms with Gasteiger partial charge in [-0.2, -0.15) is 0 Å². The summed E-state index contributed by atoms with van der Waals surface area (Å²) in [5.74, 6) is 1.08. The van der Waals surface area contributed by atoms with Crippen LogP contribution in [-0.4, -0.2) is 75.2 Å². The van der Waals surface area contributed by atoms with Gasteiger partial charge in [0.1, 0.15) is 29.1 Å². The number of halogens is 1. The summed E-state index contributed by atoms with van der Waals surface area (Å²) in [7, 11) is 4.79. The Balaban J connectivity index is 1.68. The summed E-state index contributed by atoms with van der Waals surface area (Å²) in [5, 5.41) is 2.83. The molecule has 3 rings (SSSR count). The molecule has 1 fully saturated rings. The molecular weight excluding hydrogens is 453 g/mol. The molecule has 0 saturated carbocycles. The number of benzene rings is 2. The van der Waals surface area contributed by atoms with Crippen LogP contribution >= 0.6 is 0 Å². The summed E-state index contributed by atoms with van der Waals surface area (Å²) in [5.41, 5.74) is 0.755. The summed E-state index contributed by atoms with van der Waals surface area (Å²) >= 11 is 0. The summed E-state index contributed by atoms with van der Waals surface area (Å²) in [4.78, 5) is 29.3. The number of urea groups is 1. The molecule has 8 nitrogen and oxygen atoms in total. The number of piperidine rings is 1. The molecule has 0 spiro atoms. The van der Waals surface area contributed by atoms with Gasteiger partial charge in [0.2, 0.25) is 0 Å². The number of nitrogens with zero attached hydrogens (tertiary/aromatic N) is 2. The third-order valence-electron chi connectivity index (χ3n) is 6.39. The van der Waals surface area contributed by atoms with Gasteiger partial charge in [0.25, 0.3) is 0 Å². The van der Waals surface area contributed by atoms with E-state index in [-0.39, 0.29) is 24.9 Å². The lowest BCUT2D eigenvalue weighted by atomic mass is 9.87. The minimum Gasteiger partial charge on any atom is -0.497 e. The van der Waals surface area contributed by atoms with E-state index in [1.807, 2.05) is 18.2 Å². The van der Waals surface area contributed by atoms with Crippen LogP contribution in [-0.2, 0) is 22.6 Å². The number of hydrogen-bond acceptors (Lipinski definition) is 6. The molecule has 1 aliphatic heterocycles. The van der Waals surface area contributed by atoms with Crippen LogP contribution in [0.15, 0.2) is 42.5 Å². The predicted octanol–water partition coefficient (Wildman–Crippen LogP) is 3.23. The van der Waals surface area contributed by atoms with Crippen LogP contribution in [0, 0.1) is 5.82 Å². The first kappa shape index (κ1) is 26.4. The maximum absolute atomic E-state index is 13.5. The number of amides is 2. The van der Waals surface area contributed by atoms with Crippen molar-refractivity contribution in [3.05, 3.63) is 59.4 Å². The van der Waals surface area contributed by atoms with Crippen molar-refractivity contribution >= 4 is 12.3 Å². The first-order valence-corrected chi connectivity index (χ1v) is 11.6. The number of aldehydes is 1. The number of ether oxygens (including phenoxy) is 3. The molecule has 0 aromatic heterocycles. The highest BCUT2D eigenvalue weighted by Crippen LogP contribution is 2.30. The molecule has 0 atom stereocenters. The minimum absolute atomic E-state index is 0.165. The van der Waals surface area contributed by atoms with E-state index in [0.29, 0.717) is 44.6 Å². The molecule has 0 radical (unpaired) electrons. The van der Waals surface area contributed by atoms with Gasteiger partial charge in [-0.25, -0.2) is 9.18 Å². The first-order valence-electron chi connectivity index (χ1n) is 11.6. The molecule has 0 aliphatic carbocycles. The lowest BCUT2D eigenvalue weighted by molar-refractivity contribution is -0.120. The summed E-state index contributed by atoms with van der Waals surface area (Å²) in [6, 6.07) is 11.5. The summed E-state index contributed by atoms with van der Waals surface area (Å²) < 4.78 is 29.4. The molecule has 0 unspecified atom stereocenters. The molecule has 0 bridgehead atoms. The topological polar surface area (TPSA) is 80.3 Å². The number of rotatable bonds is 11.